The Morgan fingerprint density at radius 3 is 2.50 bits per heavy atom. The van der Waals surface area contributed by atoms with E-state index in [0.29, 0.717) is 5.02 Å². The first-order valence-electron chi connectivity index (χ1n) is 4.80. The largest absolute Gasteiger partial charge is 0.508 e. The fraction of sp³-hybridized carbons (Fsp3) is 0. The van der Waals surface area contributed by atoms with Crippen molar-refractivity contribution >= 4 is 34.7 Å². The number of nitrogens with one attached hydrogen (secondary N) is 1. The van der Waals surface area contributed by atoms with Gasteiger partial charge in [0, 0.05) is 20.9 Å². The van der Waals surface area contributed by atoms with Gasteiger partial charge in [0.15, 0.2) is 0 Å². The molecular formula is C12H8ClNOS. The standard InChI is InChI=1S/C12H8ClNOS/c13-7-1-3-11-9(5-7)14-10-6-8(15)2-4-12(10)16-11/h1-6,14-15H. The molecule has 0 radical (unpaired) electrons. The predicted octanol–water partition coefficient (Wildman–Crippen LogP) is 4.25. The van der Waals surface area contributed by atoms with Crippen LogP contribution in [-0.2, 0) is 0 Å². The van der Waals surface area contributed by atoms with Gasteiger partial charge in [-0.1, -0.05) is 23.4 Å². The van der Waals surface area contributed by atoms with Crippen molar-refractivity contribution in [2.45, 2.75) is 9.79 Å². The molecule has 0 atom stereocenters. The Balaban J connectivity index is 2.10. The maximum atomic E-state index is 9.42. The fourth-order valence-corrected chi connectivity index (χ4v) is 2.78. The number of rotatable bonds is 0. The van der Waals surface area contributed by atoms with Crippen LogP contribution in [0.15, 0.2) is 46.2 Å². The lowest BCUT2D eigenvalue weighted by molar-refractivity contribution is 0.475. The molecule has 1 aliphatic heterocycles. The maximum absolute atomic E-state index is 9.42. The van der Waals surface area contributed by atoms with Crippen LogP contribution in [-0.4, -0.2) is 5.11 Å². The molecule has 3 rings (SSSR count). The Hall–Kier alpha value is -1.32. The molecule has 2 N–H and O–H groups in total. The molecule has 0 saturated carbocycles. The minimum Gasteiger partial charge on any atom is -0.508 e. The molecule has 0 aromatic heterocycles. The van der Waals surface area contributed by atoms with Crippen LogP contribution >= 0.6 is 23.4 Å². The molecule has 80 valence electrons. The molecule has 0 unspecified atom stereocenters. The number of halogens is 1. The van der Waals surface area contributed by atoms with E-state index in [4.69, 9.17) is 11.6 Å². The zero-order chi connectivity index (χ0) is 11.1. The highest BCUT2D eigenvalue weighted by Crippen LogP contribution is 2.45. The van der Waals surface area contributed by atoms with Crippen molar-refractivity contribution in [3.05, 3.63) is 41.4 Å². The summed E-state index contributed by atoms with van der Waals surface area (Å²) in [5.41, 5.74) is 1.90. The van der Waals surface area contributed by atoms with Crippen LogP contribution in [0.1, 0.15) is 0 Å². The third kappa shape index (κ3) is 1.62. The first kappa shape index (κ1) is 9.87. The number of anilines is 2. The van der Waals surface area contributed by atoms with Crippen LogP contribution in [0, 0.1) is 0 Å². The highest BCUT2D eigenvalue weighted by atomic mass is 35.5. The van der Waals surface area contributed by atoms with Crippen molar-refractivity contribution < 1.29 is 5.11 Å². The Labute approximate surface area is 102 Å². The van der Waals surface area contributed by atoms with Crippen LogP contribution in [0.5, 0.6) is 5.75 Å². The summed E-state index contributed by atoms with van der Waals surface area (Å²) >= 11 is 7.60. The minimum absolute atomic E-state index is 0.261. The second-order valence-electron chi connectivity index (χ2n) is 3.55. The van der Waals surface area contributed by atoms with Crippen molar-refractivity contribution in [3.63, 3.8) is 0 Å². The Kier molecular flexibility index (Phi) is 2.23. The lowest BCUT2D eigenvalue weighted by Gasteiger charge is -2.20. The molecule has 0 aliphatic carbocycles. The zero-order valence-corrected chi connectivity index (χ0v) is 9.77. The van der Waals surface area contributed by atoms with Crippen LogP contribution in [0.25, 0.3) is 0 Å². The Morgan fingerprint density at radius 2 is 1.69 bits per heavy atom. The third-order valence-corrected chi connectivity index (χ3v) is 3.78. The number of fused-ring (bicyclic) bond motifs is 2. The van der Waals surface area contributed by atoms with Gasteiger partial charge >= 0.3 is 0 Å². The number of phenolic OH excluding ortho intramolecular Hbond substituents is 1. The lowest BCUT2D eigenvalue weighted by Crippen LogP contribution is -1.99. The molecule has 1 heterocycles. The van der Waals surface area contributed by atoms with Crippen LogP contribution in [0.2, 0.25) is 5.02 Å². The molecule has 0 amide bonds. The summed E-state index contributed by atoms with van der Waals surface area (Å²) in [6, 6.07) is 11.1. The van der Waals surface area contributed by atoms with Gasteiger partial charge in [-0.15, -0.1) is 0 Å². The summed E-state index contributed by atoms with van der Waals surface area (Å²) in [4.78, 5) is 2.25. The maximum Gasteiger partial charge on any atom is 0.117 e. The lowest BCUT2D eigenvalue weighted by atomic mass is 10.2. The molecule has 1 aliphatic rings. The normalized spacial score (nSPS) is 12.6. The summed E-state index contributed by atoms with van der Waals surface area (Å²) in [5.74, 6) is 0.261. The molecular weight excluding hydrogens is 242 g/mol. The Bertz CT molecular complexity index is 521. The third-order valence-electron chi connectivity index (χ3n) is 2.39. The SMILES string of the molecule is Oc1ccc2c(c1)Nc1cc(Cl)ccc1S2. The monoisotopic (exact) mass is 249 g/mol. The highest BCUT2D eigenvalue weighted by Gasteiger charge is 2.15. The number of hydrogen-bond acceptors (Lipinski definition) is 3. The van der Waals surface area contributed by atoms with Gasteiger partial charge in [-0.25, -0.2) is 0 Å². The quantitative estimate of drug-likeness (QED) is 0.625. The summed E-state index contributed by atoms with van der Waals surface area (Å²) < 4.78 is 0. The van der Waals surface area contributed by atoms with Crippen LogP contribution in [0.4, 0.5) is 11.4 Å². The number of hydrogen-bond donors (Lipinski definition) is 2. The first-order valence-corrected chi connectivity index (χ1v) is 5.99. The number of aromatic hydroxyl groups is 1. The van der Waals surface area contributed by atoms with E-state index in [1.807, 2.05) is 24.3 Å². The van der Waals surface area contributed by atoms with Crippen molar-refractivity contribution in [1.29, 1.82) is 0 Å². The molecule has 4 heteroatoms. The molecule has 2 aromatic carbocycles. The van der Waals surface area contributed by atoms with E-state index in [-0.39, 0.29) is 5.75 Å². The Morgan fingerprint density at radius 1 is 1.00 bits per heavy atom. The van der Waals surface area contributed by atoms with Crippen LogP contribution in [0.3, 0.4) is 0 Å². The molecule has 0 saturated heterocycles. The molecule has 16 heavy (non-hydrogen) atoms. The molecule has 2 aromatic rings. The van der Waals surface area contributed by atoms with Gasteiger partial charge < -0.3 is 10.4 Å². The van der Waals surface area contributed by atoms with E-state index in [1.54, 1.807) is 23.9 Å². The molecule has 0 bridgehead atoms. The van der Waals surface area contributed by atoms with E-state index in [0.717, 1.165) is 21.2 Å². The summed E-state index contributed by atoms with van der Waals surface area (Å²) in [5, 5.41) is 13.4. The van der Waals surface area contributed by atoms with Gasteiger partial charge in [0.25, 0.3) is 0 Å². The van der Waals surface area contributed by atoms with Gasteiger partial charge in [0.2, 0.25) is 0 Å². The number of phenols is 1. The van der Waals surface area contributed by atoms with E-state index < -0.39 is 0 Å². The van der Waals surface area contributed by atoms with Crippen molar-refractivity contribution in [1.82, 2.24) is 0 Å². The van der Waals surface area contributed by atoms with Crippen molar-refractivity contribution in [2.24, 2.45) is 0 Å². The second kappa shape index (κ2) is 3.61. The van der Waals surface area contributed by atoms with Crippen LogP contribution < -0.4 is 5.32 Å². The van der Waals surface area contributed by atoms with Gasteiger partial charge in [0.05, 0.1) is 11.4 Å². The zero-order valence-electron chi connectivity index (χ0n) is 8.20. The van der Waals surface area contributed by atoms with E-state index in [1.165, 1.54) is 0 Å². The summed E-state index contributed by atoms with van der Waals surface area (Å²) in [7, 11) is 0. The average molecular weight is 250 g/mol. The van der Waals surface area contributed by atoms with Crippen molar-refractivity contribution in [2.75, 3.05) is 5.32 Å². The highest BCUT2D eigenvalue weighted by molar-refractivity contribution is 7.99. The smallest absolute Gasteiger partial charge is 0.117 e. The van der Waals surface area contributed by atoms with Gasteiger partial charge in [-0.05, 0) is 30.3 Å². The van der Waals surface area contributed by atoms with E-state index in [2.05, 4.69) is 5.32 Å². The average Bonchev–Trinajstić information content (AvgIpc) is 2.26. The molecule has 0 fully saturated rings. The number of benzene rings is 2. The van der Waals surface area contributed by atoms with E-state index in [9.17, 15) is 5.11 Å². The topological polar surface area (TPSA) is 32.3 Å². The minimum atomic E-state index is 0.261. The summed E-state index contributed by atoms with van der Waals surface area (Å²) in [6.45, 7) is 0. The predicted molar refractivity (Wildman–Crippen MR) is 67.0 cm³/mol. The van der Waals surface area contributed by atoms with Crippen molar-refractivity contribution in [3.8, 4) is 5.75 Å². The van der Waals surface area contributed by atoms with Gasteiger partial charge in [0.1, 0.15) is 5.75 Å². The molecule has 2 nitrogen and oxygen atoms in total. The summed E-state index contributed by atoms with van der Waals surface area (Å²) in [6.07, 6.45) is 0. The van der Waals surface area contributed by atoms with Gasteiger partial charge in [-0.2, -0.15) is 0 Å². The first-order chi connectivity index (χ1) is 7.72. The fourth-order valence-electron chi connectivity index (χ4n) is 1.66. The second-order valence-corrected chi connectivity index (χ2v) is 5.07. The van der Waals surface area contributed by atoms with Gasteiger partial charge in [-0.3, -0.25) is 0 Å². The van der Waals surface area contributed by atoms with E-state index >= 15 is 0 Å². The molecule has 0 spiro atoms.